The molecule has 2 aliphatic heterocycles. The summed E-state index contributed by atoms with van der Waals surface area (Å²) in [6, 6.07) is 4.66. The molecule has 0 aromatic heterocycles. The maximum Gasteiger partial charge on any atom is 0.315 e. The number of hydrogen-bond donors (Lipinski definition) is 3. The van der Waals surface area contributed by atoms with Gasteiger partial charge in [0.05, 0.1) is 23.1 Å². The first-order chi connectivity index (χ1) is 12.3. The van der Waals surface area contributed by atoms with Gasteiger partial charge in [-0.25, -0.2) is 13.2 Å². The van der Waals surface area contributed by atoms with Gasteiger partial charge in [-0.15, -0.1) is 0 Å². The number of nitrogens with one attached hydrogen (secondary N) is 3. The summed E-state index contributed by atoms with van der Waals surface area (Å²) in [5, 5.41) is 7.67. The van der Waals surface area contributed by atoms with Gasteiger partial charge in [-0.2, -0.15) is 0 Å². The van der Waals surface area contributed by atoms with Gasteiger partial charge in [-0.05, 0) is 43.5 Å². The molecule has 2 heterocycles. The molecule has 0 spiro atoms. The van der Waals surface area contributed by atoms with Crippen LogP contribution in [0.5, 0.6) is 0 Å². The predicted molar refractivity (Wildman–Crippen MR) is 103 cm³/mol. The molecule has 0 bridgehead atoms. The topological polar surface area (TPSA) is 104 Å². The van der Waals surface area contributed by atoms with E-state index in [-0.39, 0.29) is 29.8 Å². The highest BCUT2D eigenvalue weighted by Gasteiger charge is 2.51. The smallest absolute Gasteiger partial charge is 0.315 e. The van der Waals surface area contributed by atoms with Crippen molar-refractivity contribution in [2.24, 2.45) is 0 Å². The van der Waals surface area contributed by atoms with Crippen LogP contribution >= 0.6 is 15.9 Å². The van der Waals surface area contributed by atoms with Gasteiger partial charge in [0.1, 0.15) is 0 Å². The van der Waals surface area contributed by atoms with Gasteiger partial charge in [0, 0.05) is 16.6 Å². The minimum Gasteiger partial charge on any atom is -0.332 e. The number of amides is 3. The SMILES string of the molecule is Cc1cc(Br)ccc1NC(=O)CCCC[C@@H]1[C@@H]2NC(=O)N[C@@H]2CS1(=O)=O. The van der Waals surface area contributed by atoms with Crippen LogP contribution in [0.2, 0.25) is 0 Å². The summed E-state index contributed by atoms with van der Waals surface area (Å²) >= 11 is 3.39. The molecule has 0 aliphatic carbocycles. The van der Waals surface area contributed by atoms with E-state index in [2.05, 4.69) is 31.9 Å². The fourth-order valence-electron chi connectivity index (χ4n) is 3.62. The summed E-state index contributed by atoms with van der Waals surface area (Å²) in [4.78, 5) is 23.5. The van der Waals surface area contributed by atoms with Crippen LogP contribution in [-0.4, -0.2) is 43.4 Å². The molecule has 26 heavy (non-hydrogen) atoms. The van der Waals surface area contributed by atoms with Crippen LogP contribution in [0.1, 0.15) is 31.2 Å². The summed E-state index contributed by atoms with van der Waals surface area (Å²) in [5.74, 6) is -0.0943. The molecule has 142 valence electrons. The molecule has 3 rings (SSSR count). The van der Waals surface area contributed by atoms with Gasteiger partial charge < -0.3 is 16.0 Å². The fourth-order valence-corrected chi connectivity index (χ4v) is 6.36. The molecule has 2 fully saturated rings. The predicted octanol–water partition coefficient (Wildman–Crippen LogP) is 2.10. The molecule has 0 radical (unpaired) electrons. The second-order valence-corrected chi connectivity index (χ2v) is 10.1. The van der Waals surface area contributed by atoms with Crippen LogP contribution in [0, 0.1) is 6.92 Å². The third-order valence-corrected chi connectivity index (χ3v) is 7.69. The maximum absolute atomic E-state index is 12.2. The Morgan fingerprint density at radius 1 is 1.31 bits per heavy atom. The zero-order valence-electron chi connectivity index (χ0n) is 14.4. The number of aryl methyl sites for hydroxylation is 1. The molecule has 0 saturated carbocycles. The lowest BCUT2D eigenvalue weighted by Crippen LogP contribution is -2.39. The van der Waals surface area contributed by atoms with Crippen molar-refractivity contribution in [1.29, 1.82) is 0 Å². The number of anilines is 1. The van der Waals surface area contributed by atoms with E-state index in [1.807, 2.05) is 25.1 Å². The summed E-state index contributed by atoms with van der Waals surface area (Å²) in [6.07, 6.45) is 2.01. The lowest BCUT2D eigenvalue weighted by atomic mass is 10.0. The molecule has 3 N–H and O–H groups in total. The first kappa shape index (κ1) is 19.2. The van der Waals surface area contributed by atoms with E-state index in [9.17, 15) is 18.0 Å². The standard InChI is InChI=1S/C17H22BrN3O4S/c1-10-8-11(18)6-7-12(10)19-15(22)5-3-2-4-14-16-13(9-26(14,24)25)20-17(23)21-16/h6-8,13-14,16H,2-5,9H2,1H3,(H,19,22)(H2,20,21,23)/t13-,14-,16-/m1/s1. The molecule has 3 amide bonds. The Balaban J connectivity index is 1.46. The normalized spacial score (nSPS) is 26.1. The lowest BCUT2D eigenvalue weighted by molar-refractivity contribution is -0.116. The second-order valence-electron chi connectivity index (χ2n) is 6.87. The summed E-state index contributed by atoms with van der Waals surface area (Å²) in [6.45, 7) is 1.92. The first-order valence-electron chi connectivity index (χ1n) is 8.61. The largest absolute Gasteiger partial charge is 0.332 e. The van der Waals surface area contributed by atoms with Crippen LogP contribution in [0.3, 0.4) is 0 Å². The van der Waals surface area contributed by atoms with Crippen molar-refractivity contribution in [2.45, 2.75) is 49.9 Å². The Kier molecular flexibility index (Phi) is 5.57. The molecule has 3 atom stereocenters. The van der Waals surface area contributed by atoms with Crippen LogP contribution in [0.15, 0.2) is 22.7 Å². The number of fused-ring (bicyclic) bond motifs is 1. The summed E-state index contributed by atoms with van der Waals surface area (Å²) in [7, 11) is -3.21. The van der Waals surface area contributed by atoms with Crippen LogP contribution in [0.4, 0.5) is 10.5 Å². The Morgan fingerprint density at radius 2 is 2.08 bits per heavy atom. The molecule has 2 aliphatic rings. The minimum absolute atomic E-state index is 0.00952. The van der Waals surface area contributed by atoms with Crippen LogP contribution < -0.4 is 16.0 Å². The highest BCUT2D eigenvalue weighted by Crippen LogP contribution is 2.28. The van der Waals surface area contributed by atoms with Crippen molar-refractivity contribution in [2.75, 3.05) is 11.1 Å². The Hall–Kier alpha value is -1.61. The van der Waals surface area contributed by atoms with Gasteiger partial charge in [-0.3, -0.25) is 4.79 Å². The maximum atomic E-state index is 12.2. The molecule has 2 saturated heterocycles. The number of carbonyl (C=O) groups excluding carboxylic acids is 2. The quantitative estimate of drug-likeness (QED) is 0.462. The number of unbranched alkanes of at least 4 members (excludes halogenated alkanes) is 1. The van der Waals surface area contributed by atoms with Crippen molar-refractivity contribution >= 4 is 43.4 Å². The zero-order chi connectivity index (χ0) is 18.9. The molecule has 9 heteroatoms. The highest BCUT2D eigenvalue weighted by molar-refractivity contribution is 9.10. The van der Waals surface area contributed by atoms with E-state index >= 15 is 0 Å². The number of benzene rings is 1. The molecular weight excluding hydrogens is 422 g/mol. The Morgan fingerprint density at radius 3 is 2.81 bits per heavy atom. The van der Waals surface area contributed by atoms with Crippen molar-refractivity contribution in [3.63, 3.8) is 0 Å². The van der Waals surface area contributed by atoms with E-state index in [4.69, 9.17) is 0 Å². The molecular formula is C17H22BrN3O4S. The van der Waals surface area contributed by atoms with E-state index in [1.54, 1.807) is 0 Å². The monoisotopic (exact) mass is 443 g/mol. The fraction of sp³-hybridized carbons (Fsp3) is 0.529. The van der Waals surface area contributed by atoms with Crippen molar-refractivity contribution in [3.8, 4) is 0 Å². The highest BCUT2D eigenvalue weighted by atomic mass is 79.9. The van der Waals surface area contributed by atoms with Crippen molar-refractivity contribution in [1.82, 2.24) is 10.6 Å². The third kappa shape index (κ3) is 4.20. The molecule has 1 aromatic rings. The molecule has 1 aromatic carbocycles. The van der Waals surface area contributed by atoms with Gasteiger partial charge in [0.25, 0.3) is 0 Å². The van der Waals surface area contributed by atoms with E-state index in [0.717, 1.165) is 15.7 Å². The summed E-state index contributed by atoms with van der Waals surface area (Å²) in [5.41, 5.74) is 1.75. The number of rotatable bonds is 6. The molecule has 7 nitrogen and oxygen atoms in total. The Bertz CT molecular complexity index is 827. The van der Waals surface area contributed by atoms with E-state index in [1.165, 1.54) is 0 Å². The number of sulfone groups is 1. The van der Waals surface area contributed by atoms with E-state index < -0.39 is 15.1 Å². The van der Waals surface area contributed by atoms with Crippen molar-refractivity contribution in [3.05, 3.63) is 28.2 Å². The zero-order valence-corrected chi connectivity index (χ0v) is 16.8. The Labute approximate surface area is 161 Å². The number of urea groups is 1. The summed E-state index contributed by atoms with van der Waals surface area (Å²) < 4.78 is 25.4. The lowest BCUT2D eigenvalue weighted by Gasteiger charge is -2.16. The van der Waals surface area contributed by atoms with E-state index in [0.29, 0.717) is 25.7 Å². The van der Waals surface area contributed by atoms with Gasteiger partial charge >= 0.3 is 6.03 Å². The van der Waals surface area contributed by atoms with Gasteiger partial charge in [0.2, 0.25) is 5.91 Å². The van der Waals surface area contributed by atoms with Crippen molar-refractivity contribution < 1.29 is 18.0 Å². The average Bonchev–Trinajstić information content (AvgIpc) is 2.99. The number of carbonyl (C=O) groups is 2. The third-order valence-electron chi connectivity index (χ3n) is 4.93. The van der Waals surface area contributed by atoms with Crippen LogP contribution in [0.25, 0.3) is 0 Å². The van der Waals surface area contributed by atoms with Gasteiger partial charge in [0.15, 0.2) is 9.84 Å². The average molecular weight is 444 g/mol. The van der Waals surface area contributed by atoms with Crippen LogP contribution in [-0.2, 0) is 14.6 Å². The number of halogens is 1. The number of hydrogen-bond acceptors (Lipinski definition) is 4. The van der Waals surface area contributed by atoms with Gasteiger partial charge in [-0.1, -0.05) is 22.4 Å². The first-order valence-corrected chi connectivity index (χ1v) is 11.1. The molecule has 0 unspecified atom stereocenters. The second kappa shape index (κ2) is 7.56. The minimum atomic E-state index is -3.21.